The standard InChI is InChI=1S/C17H20N2O/c1-12(2)20-17-16(8-5-11-18-17)19-15-10-9-13-6-3-4-7-14(13)15/h3-8,11-12,15,19H,9-10H2,1-2H3. The molecule has 0 fully saturated rings. The minimum absolute atomic E-state index is 0.126. The Morgan fingerprint density at radius 2 is 2.05 bits per heavy atom. The molecule has 0 amide bonds. The van der Waals surface area contributed by atoms with Crippen molar-refractivity contribution in [3.63, 3.8) is 0 Å². The summed E-state index contributed by atoms with van der Waals surface area (Å²) < 4.78 is 5.77. The van der Waals surface area contributed by atoms with E-state index >= 15 is 0 Å². The number of nitrogens with one attached hydrogen (secondary N) is 1. The van der Waals surface area contributed by atoms with Crippen molar-refractivity contribution >= 4 is 5.69 Å². The molecule has 3 rings (SSSR count). The quantitative estimate of drug-likeness (QED) is 0.911. The molecule has 3 nitrogen and oxygen atoms in total. The molecule has 0 aliphatic heterocycles. The highest BCUT2D eigenvalue weighted by molar-refractivity contribution is 5.55. The average molecular weight is 268 g/mol. The molecule has 0 spiro atoms. The highest BCUT2D eigenvalue weighted by atomic mass is 16.5. The monoisotopic (exact) mass is 268 g/mol. The number of benzene rings is 1. The molecule has 1 aromatic heterocycles. The Balaban J connectivity index is 1.82. The van der Waals surface area contributed by atoms with Crippen molar-refractivity contribution in [1.82, 2.24) is 4.98 Å². The zero-order valence-electron chi connectivity index (χ0n) is 12.0. The Kier molecular flexibility index (Phi) is 3.59. The number of ether oxygens (including phenoxy) is 1. The molecule has 1 aliphatic rings. The van der Waals surface area contributed by atoms with Crippen molar-refractivity contribution in [2.75, 3.05) is 5.32 Å². The molecule has 0 saturated carbocycles. The van der Waals surface area contributed by atoms with Gasteiger partial charge in [-0.15, -0.1) is 0 Å². The van der Waals surface area contributed by atoms with E-state index in [0.717, 1.165) is 18.5 Å². The number of rotatable bonds is 4. The molecular formula is C17H20N2O. The lowest BCUT2D eigenvalue weighted by molar-refractivity contribution is 0.234. The van der Waals surface area contributed by atoms with Gasteiger partial charge in [0.15, 0.2) is 0 Å². The van der Waals surface area contributed by atoms with E-state index in [-0.39, 0.29) is 6.10 Å². The fourth-order valence-corrected chi connectivity index (χ4v) is 2.71. The summed E-state index contributed by atoms with van der Waals surface area (Å²) in [4.78, 5) is 4.33. The van der Waals surface area contributed by atoms with Gasteiger partial charge in [-0.1, -0.05) is 24.3 Å². The molecule has 2 aromatic rings. The van der Waals surface area contributed by atoms with Gasteiger partial charge in [0.1, 0.15) is 0 Å². The Morgan fingerprint density at radius 1 is 1.20 bits per heavy atom. The third-order valence-corrected chi connectivity index (χ3v) is 3.58. The maximum Gasteiger partial charge on any atom is 0.237 e. The van der Waals surface area contributed by atoms with Gasteiger partial charge >= 0.3 is 0 Å². The van der Waals surface area contributed by atoms with E-state index in [0.29, 0.717) is 11.9 Å². The number of hydrogen-bond donors (Lipinski definition) is 1. The topological polar surface area (TPSA) is 34.1 Å². The first-order valence-corrected chi connectivity index (χ1v) is 7.20. The Bertz CT molecular complexity index is 595. The van der Waals surface area contributed by atoms with Gasteiger partial charge in [-0.2, -0.15) is 0 Å². The van der Waals surface area contributed by atoms with Crippen LogP contribution in [-0.4, -0.2) is 11.1 Å². The third-order valence-electron chi connectivity index (χ3n) is 3.58. The lowest BCUT2D eigenvalue weighted by Gasteiger charge is -2.19. The highest BCUT2D eigenvalue weighted by Crippen LogP contribution is 2.35. The summed E-state index contributed by atoms with van der Waals surface area (Å²) in [6.45, 7) is 4.03. The van der Waals surface area contributed by atoms with Crippen LogP contribution in [0.5, 0.6) is 5.88 Å². The smallest absolute Gasteiger partial charge is 0.237 e. The predicted molar refractivity (Wildman–Crippen MR) is 81.1 cm³/mol. The number of nitrogens with zero attached hydrogens (tertiary/aromatic N) is 1. The molecule has 1 N–H and O–H groups in total. The van der Waals surface area contributed by atoms with Gasteiger partial charge in [0.2, 0.25) is 5.88 Å². The second kappa shape index (κ2) is 5.53. The van der Waals surface area contributed by atoms with Crippen molar-refractivity contribution in [2.24, 2.45) is 0 Å². The van der Waals surface area contributed by atoms with E-state index in [2.05, 4.69) is 34.6 Å². The summed E-state index contributed by atoms with van der Waals surface area (Å²) in [7, 11) is 0. The summed E-state index contributed by atoms with van der Waals surface area (Å²) >= 11 is 0. The molecule has 1 heterocycles. The number of pyridine rings is 1. The average Bonchev–Trinajstić information content (AvgIpc) is 2.84. The zero-order chi connectivity index (χ0) is 13.9. The molecule has 1 aromatic carbocycles. The van der Waals surface area contributed by atoms with Crippen LogP contribution in [0.2, 0.25) is 0 Å². The molecule has 0 radical (unpaired) electrons. The van der Waals surface area contributed by atoms with Crippen LogP contribution in [0.15, 0.2) is 42.6 Å². The second-order valence-electron chi connectivity index (χ2n) is 5.46. The largest absolute Gasteiger partial charge is 0.473 e. The minimum atomic E-state index is 0.126. The molecule has 1 unspecified atom stereocenters. The first-order chi connectivity index (χ1) is 9.74. The maximum absolute atomic E-state index is 5.77. The number of hydrogen-bond acceptors (Lipinski definition) is 3. The molecule has 1 aliphatic carbocycles. The van der Waals surface area contributed by atoms with E-state index in [9.17, 15) is 0 Å². The fourth-order valence-electron chi connectivity index (χ4n) is 2.71. The highest BCUT2D eigenvalue weighted by Gasteiger charge is 2.22. The SMILES string of the molecule is CC(C)Oc1ncccc1NC1CCc2ccccc21. The third kappa shape index (κ3) is 2.62. The zero-order valence-corrected chi connectivity index (χ0v) is 12.0. The summed E-state index contributed by atoms with van der Waals surface area (Å²) in [5, 5.41) is 3.58. The van der Waals surface area contributed by atoms with Crippen LogP contribution in [0.3, 0.4) is 0 Å². The Morgan fingerprint density at radius 3 is 2.90 bits per heavy atom. The second-order valence-corrected chi connectivity index (χ2v) is 5.46. The van der Waals surface area contributed by atoms with E-state index in [1.165, 1.54) is 11.1 Å². The van der Waals surface area contributed by atoms with Crippen LogP contribution in [0, 0.1) is 0 Å². The fraction of sp³-hybridized carbons (Fsp3) is 0.353. The van der Waals surface area contributed by atoms with Gasteiger partial charge in [-0.25, -0.2) is 4.98 Å². The van der Waals surface area contributed by atoms with Crippen molar-refractivity contribution in [3.8, 4) is 5.88 Å². The van der Waals surface area contributed by atoms with Gasteiger partial charge < -0.3 is 10.1 Å². The van der Waals surface area contributed by atoms with Crippen LogP contribution >= 0.6 is 0 Å². The number of aryl methyl sites for hydroxylation is 1. The van der Waals surface area contributed by atoms with Crippen LogP contribution < -0.4 is 10.1 Å². The van der Waals surface area contributed by atoms with Gasteiger partial charge in [-0.3, -0.25) is 0 Å². The molecule has 104 valence electrons. The van der Waals surface area contributed by atoms with E-state index in [4.69, 9.17) is 4.74 Å². The van der Waals surface area contributed by atoms with E-state index in [1.54, 1.807) is 6.20 Å². The van der Waals surface area contributed by atoms with Crippen molar-refractivity contribution < 1.29 is 4.74 Å². The Hall–Kier alpha value is -2.03. The summed E-state index contributed by atoms with van der Waals surface area (Å²) in [6.07, 6.45) is 4.15. The van der Waals surface area contributed by atoms with E-state index in [1.807, 2.05) is 26.0 Å². The Labute approximate surface area is 120 Å². The first kappa shape index (κ1) is 13.0. The predicted octanol–water partition coefficient (Wildman–Crippen LogP) is 3.97. The van der Waals surface area contributed by atoms with Crippen molar-refractivity contribution in [2.45, 2.75) is 38.8 Å². The lowest BCUT2D eigenvalue weighted by Crippen LogP contribution is -2.12. The minimum Gasteiger partial charge on any atom is -0.473 e. The van der Waals surface area contributed by atoms with Gasteiger partial charge in [0.05, 0.1) is 17.8 Å². The van der Waals surface area contributed by atoms with Crippen LogP contribution in [-0.2, 0) is 6.42 Å². The molecule has 0 saturated heterocycles. The van der Waals surface area contributed by atoms with Crippen molar-refractivity contribution in [3.05, 3.63) is 53.7 Å². The first-order valence-electron chi connectivity index (χ1n) is 7.20. The van der Waals surface area contributed by atoms with Crippen molar-refractivity contribution in [1.29, 1.82) is 0 Å². The number of aromatic nitrogens is 1. The van der Waals surface area contributed by atoms with Gasteiger partial charge in [0.25, 0.3) is 0 Å². The lowest BCUT2D eigenvalue weighted by atomic mass is 10.1. The molecule has 0 bridgehead atoms. The van der Waals surface area contributed by atoms with Gasteiger partial charge in [0, 0.05) is 6.20 Å². The maximum atomic E-state index is 5.77. The summed E-state index contributed by atoms with van der Waals surface area (Å²) in [5.41, 5.74) is 3.81. The molecule has 3 heteroatoms. The summed E-state index contributed by atoms with van der Waals surface area (Å²) in [6, 6.07) is 13.0. The van der Waals surface area contributed by atoms with Crippen LogP contribution in [0.4, 0.5) is 5.69 Å². The summed E-state index contributed by atoms with van der Waals surface area (Å²) in [5.74, 6) is 0.687. The van der Waals surface area contributed by atoms with E-state index < -0.39 is 0 Å². The van der Waals surface area contributed by atoms with Gasteiger partial charge in [-0.05, 0) is 49.9 Å². The number of anilines is 1. The van der Waals surface area contributed by atoms with Crippen LogP contribution in [0.25, 0.3) is 0 Å². The normalized spacial score (nSPS) is 17.1. The molecule has 1 atom stereocenters. The molecule has 20 heavy (non-hydrogen) atoms. The van der Waals surface area contributed by atoms with Crippen LogP contribution in [0.1, 0.15) is 37.4 Å². The number of fused-ring (bicyclic) bond motifs is 1. The molecular weight excluding hydrogens is 248 g/mol.